The van der Waals surface area contributed by atoms with E-state index >= 15 is 0 Å². The summed E-state index contributed by atoms with van der Waals surface area (Å²) in [4.78, 5) is 27.3. The van der Waals surface area contributed by atoms with Crippen LogP contribution in [0.5, 0.6) is 0 Å². The molecule has 152 valence electrons. The van der Waals surface area contributed by atoms with E-state index in [0.29, 0.717) is 44.8 Å². The average molecular weight is 407 g/mol. The zero-order chi connectivity index (χ0) is 19.7. The normalized spacial score (nSPS) is 26.7. The van der Waals surface area contributed by atoms with Crippen LogP contribution in [0.2, 0.25) is 0 Å². The monoisotopic (exact) mass is 406 g/mol. The van der Waals surface area contributed by atoms with E-state index in [0.717, 1.165) is 25.7 Å². The lowest BCUT2D eigenvalue weighted by Crippen LogP contribution is -2.53. The third kappa shape index (κ3) is 3.60. The molecule has 0 spiro atoms. The minimum absolute atomic E-state index is 0.0146. The maximum atomic E-state index is 13.1. The largest absolute Gasteiger partial charge is 0.379 e. The number of hydrogen-bond donors (Lipinski definition) is 0. The first-order valence-electron chi connectivity index (χ1n) is 10.00. The highest BCUT2D eigenvalue weighted by Crippen LogP contribution is 2.34. The number of morpholine rings is 1. The Balaban J connectivity index is 1.52. The average Bonchev–Trinajstić information content (AvgIpc) is 2.74. The maximum absolute atomic E-state index is 13.1. The van der Waals surface area contributed by atoms with Gasteiger partial charge in [0, 0.05) is 43.6 Å². The predicted octanol–water partition coefficient (Wildman–Crippen LogP) is 1.68. The van der Waals surface area contributed by atoms with Gasteiger partial charge in [-0.3, -0.25) is 9.59 Å². The number of ether oxygens (including phenoxy) is 1. The molecule has 2 heterocycles. The van der Waals surface area contributed by atoms with Crippen LogP contribution < -0.4 is 0 Å². The van der Waals surface area contributed by atoms with Crippen molar-refractivity contribution in [2.24, 2.45) is 5.92 Å². The molecule has 3 aliphatic rings. The number of likely N-dealkylation sites (tertiary alicyclic amines) is 1. The lowest BCUT2D eigenvalue weighted by molar-refractivity contribution is -0.129. The molecule has 0 radical (unpaired) electrons. The van der Waals surface area contributed by atoms with Crippen molar-refractivity contribution < 1.29 is 22.7 Å². The number of hydrogen-bond acceptors (Lipinski definition) is 5. The fourth-order valence-electron chi connectivity index (χ4n) is 4.57. The van der Waals surface area contributed by atoms with Crippen LogP contribution in [0.15, 0.2) is 29.2 Å². The summed E-state index contributed by atoms with van der Waals surface area (Å²) in [6.07, 6.45) is 4.23. The summed E-state index contributed by atoms with van der Waals surface area (Å²) >= 11 is 0. The van der Waals surface area contributed by atoms with Gasteiger partial charge in [0.25, 0.3) is 5.91 Å². The van der Waals surface area contributed by atoms with Crippen LogP contribution in [0.4, 0.5) is 0 Å². The van der Waals surface area contributed by atoms with E-state index in [4.69, 9.17) is 4.74 Å². The number of rotatable bonds is 3. The number of benzene rings is 1. The minimum atomic E-state index is -3.57. The van der Waals surface area contributed by atoms with E-state index in [9.17, 15) is 18.0 Å². The number of carbonyl (C=O) groups is 2. The van der Waals surface area contributed by atoms with Crippen LogP contribution in [0.1, 0.15) is 42.5 Å². The highest BCUT2D eigenvalue weighted by Gasteiger charge is 2.40. The van der Waals surface area contributed by atoms with Gasteiger partial charge in [-0.2, -0.15) is 4.31 Å². The van der Waals surface area contributed by atoms with Crippen molar-refractivity contribution in [3.05, 3.63) is 29.8 Å². The van der Waals surface area contributed by atoms with Crippen molar-refractivity contribution in [2.45, 2.75) is 43.0 Å². The van der Waals surface area contributed by atoms with Crippen LogP contribution in [0.3, 0.4) is 0 Å². The summed E-state index contributed by atoms with van der Waals surface area (Å²) in [6.45, 7) is 1.92. The minimum Gasteiger partial charge on any atom is -0.379 e. The van der Waals surface area contributed by atoms with Crippen LogP contribution >= 0.6 is 0 Å². The van der Waals surface area contributed by atoms with Gasteiger partial charge in [-0.05, 0) is 37.1 Å². The number of nitrogens with zero attached hydrogens (tertiary/aromatic N) is 2. The third-order valence-electron chi connectivity index (χ3n) is 6.11. The van der Waals surface area contributed by atoms with Crippen LogP contribution in [-0.4, -0.2) is 68.2 Å². The van der Waals surface area contributed by atoms with E-state index in [1.807, 2.05) is 4.90 Å². The smallest absolute Gasteiger partial charge is 0.254 e. The number of fused-ring (bicyclic) bond motifs is 1. The lowest BCUT2D eigenvalue weighted by Gasteiger charge is -2.43. The Bertz CT molecular complexity index is 846. The molecule has 4 rings (SSSR count). The van der Waals surface area contributed by atoms with Gasteiger partial charge in [0.2, 0.25) is 10.0 Å². The molecule has 1 aliphatic carbocycles. The van der Waals surface area contributed by atoms with E-state index in [2.05, 4.69) is 0 Å². The molecule has 1 aromatic rings. The first-order valence-corrected chi connectivity index (χ1v) is 11.4. The van der Waals surface area contributed by atoms with Crippen molar-refractivity contribution in [1.82, 2.24) is 9.21 Å². The highest BCUT2D eigenvalue weighted by molar-refractivity contribution is 7.89. The van der Waals surface area contributed by atoms with E-state index in [1.54, 1.807) is 12.1 Å². The molecule has 0 aromatic heterocycles. The van der Waals surface area contributed by atoms with Crippen molar-refractivity contribution in [1.29, 1.82) is 0 Å². The maximum Gasteiger partial charge on any atom is 0.254 e. The zero-order valence-electron chi connectivity index (χ0n) is 15.9. The van der Waals surface area contributed by atoms with Gasteiger partial charge >= 0.3 is 0 Å². The molecule has 28 heavy (non-hydrogen) atoms. The van der Waals surface area contributed by atoms with Gasteiger partial charge in [0.15, 0.2) is 0 Å². The van der Waals surface area contributed by atoms with Gasteiger partial charge in [0.1, 0.15) is 5.78 Å². The van der Waals surface area contributed by atoms with Gasteiger partial charge in [-0.1, -0.05) is 12.8 Å². The number of ketones is 1. The van der Waals surface area contributed by atoms with Crippen LogP contribution in [0.25, 0.3) is 0 Å². The first-order chi connectivity index (χ1) is 13.5. The molecular formula is C20H26N2O5S. The molecule has 2 unspecified atom stereocenters. The Morgan fingerprint density at radius 1 is 1.00 bits per heavy atom. The summed E-state index contributed by atoms with van der Waals surface area (Å²) in [5.74, 6) is 0.132. The number of amides is 1. The van der Waals surface area contributed by atoms with E-state index < -0.39 is 10.0 Å². The molecule has 1 amide bonds. The SMILES string of the molecule is O=C1CCN(C(=O)c2ccc(S(=O)(=O)N3CCOCC3)cc2)C2CCCCC12. The molecule has 2 atom stereocenters. The predicted molar refractivity (Wildman–Crippen MR) is 102 cm³/mol. The molecule has 2 saturated heterocycles. The van der Waals surface area contributed by atoms with Gasteiger partial charge in [0.05, 0.1) is 18.1 Å². The molecule has 3 fully saturated rings. The molecule has 0 bridgehead atoms. The summed E-state index contributed by atoms with van der Waals surface area (Å²) in [5, 5.41) is 0. The molecule has 2 aliphatic heterocycles. The second-order valence-corrected chi connectivity index (χ2v) is 9.65. The van der Waals surface area contributed by atoms with Crippen molar-refractivity contribution in [3.8, 4) is 0 Å². The Kier molecular flexibility index (Phi) is 5.53. The fraction of sp³-hybridized carbons (Fsp3) is 0.600. The summed E-state index contributed by atoms with van der Waals surface area (Å²) in [6, 6.07) is 6.17. The Labute approximate surface area is 165 Å². The molecule has 8 heteroatoms. The summed E-state index contributed by atoms with van der Waals surface area (Å²) in [7, 11) is -3.57. The zero-order valence-corrected chi connectivity index (χ0v) is 16.7. The molecule has 1 aromatic carbocycles. The third-order valence-corrected chi connectivity index (χ3v) is 8.03. The van der Waals surface area contributed by atoms with Crippen molar-refractivity contribution >= 4 is 21.7 Å². The quantitative estimate of drug-likeness (QED) is 0.763. The highest BCUT2D eigenvalue weighted by atomic mass is 32.2. The number of piperidine rings is 1. The van der Waals surface area contributed by atoms with Gasteiger partial charge < -0.3 is 9.64 Å². The Morgan fingerprint density at radius 3 is 2.39 bits per heavy atom. The van der Waals surface area contributed by atoms with E-state index in [-0.39, 0.29) is 28.5 Å². The fourth-order valence-corrected chi connectivity index (χ4v) is 5.97. The second-order valence-electron chi connectivity index (χ2n) is 7.71. The Morgan fingerprint density at radius 2 is 1.68 bits per heavy atom. The first kappa shape index (κ1) is 19.5. The molecule has 1 saturated carbocycles. The van der Waals surface area contributed by atoms with Crippen molar-refractivity contribution in [3.63, 3.8) is 0 Å². The van der Waals surface area contributed by atoms with Crippen LogP contribution in [-0.2, 0) is 19.6 Å². The Hall–Kier alpha value is -1.77. The molecule has 0 N–H and O–H groups in total. The molecular weight excluding hydrogens is 380 g/mol. The van der Waals surface area contributed by atoms with Crippen LogP contribution in [0, 0.1) is 5.92 Å². The standard InChI is InChI=1S/C20H26N2O5S/c23-19-9-10-22(18-4-2-1-3-17(18)19)20(24)15-5-7-16(8-6-15)28(25,26)21-11-13-27-14-12-21/h5-8,17-18H,1-4,9-14H2. The van der Waals surface area contributed by atoms with Gasteiger partial charge in [-0.25, -0.2) is 8.42 Å². The number of Topliss-reactive ketones (excluding diaryl/α,β-unsaturated/α-hetero) is 1. The summed E-state index contributed by atoms with van der Waals surface area (Å²) in [5.41, 5.74) is 0.472. The topological polar surface area (TPSA) is 84.0 Å². The van der Waals surface area contributed by atoms with E-state index in [1.165, 1.54) is 16.4 Å². The lowest BCUT2D eigenvalue weighted by atomic mass is 9.77. The van der Waals surface area contributed by atoms with Crippen molar-refractivity contribution in [2.75, 3.05) is 32.8 Å². The molecule has 7 nitrogen and oxygen atoms in total. The number of carbonyl (C=O) groups excluding carboxylic acids is 2. The second kappa shape index (κ2) is 7.93. The number of sulfonamides is 1. The summed E-state index contributed by atoms with van der Waals surface area (Å²) < 4.78 is 32.1. The van der Waals surface area contributed by atoms with Gasteiger partial charge in [-0.15, -0.1) is 0 Å².